The maximum Gasteiger partial charge on any atom is 0.414 e. The average Bonchev–Trinajstić information content (AvgIpc) is 2.78. The summed E-state index contributed by atoms with van der Waals surface area (Å²) < 4.78 is 21.0. The number of nitrogens with one attached hydrogen (secondary N) is 4. The molecule has 4 atom stereocenters. The van der Waals surface area contributed by atoms with Crippen molar-refractivity contribution in [1.29, 1.82) is 0 Å². The number of carbonyl (C=O) groups is 4. The number of rotatable bonds is 4. The van der Waals surface area contributed by atoms with E-state index in [9.17, 15) is 9.59 Å². The fourth-order valence-corrected chi connectivity index (χ4v) is 3.44. The van der Waals surface area contributed by atoms with E-state index in [0.29, 0.717) is 0 Å². The van der Waals surface area contributed by atoms with Gasteiger partial charge in [0.15, 0.2) is 0 Å². The number of ether oxygens (including phenoxy) is 4. The number of carboxylic acid groups (broad SMARTS) is 2. The SMILES string of the molecule is COC1CCNCC1NC(=O)OC(C)(C)C.COC1CCNCC1NC(=O)OC(C)(C)C.O=C(O)C(=O)O. The summed E-state index contributed by atoms with van der Waals surface area (Å²) in [6, 6.07) is -0.0396. The van der Waals surface area contributed by atoms with Crippen LogP contribution in [0.2, 0.25) is 0 Å². The Hall–Kier alpha value is -2.68. The number of methoxy groups -OCH3 is 2. The smallest absolute Gasteiger partial charge is 0.414 e. The highest BCUT2D eigenvalue weighted by molar-refractivity contribution is 6.27. The molecule has 6 N–H and O–H groups in total. The Bertz CT molecular complexity index is 689. The molecule has 0 spiro atoms. The van der Waals surface area contributed by atoms with Crippen molar-refractivity contribution in [3.63, 3.8) is 0 Å². The second-order valence-corrected chi connectivity index (χ2v) is 10.6. The Kier molecular flexibility index (Phi) is 15.8. The minimum absolute atomic E-state index is 0.0198. The van der Waals surface area contributed by atoms with Crippen LogP contribution in [0.15, 0.2) is 0 Å². The van der Waals surface area contributed by atoms with Crippen molar-refractivity contribution >= 4 is 24.1 Å². The summed E-state index contributed by atoms with van der Waals surface area (Å²) in [5.74, 6) is -3.65. The van der Waals surface area contributed by atoms with Crippen molar-refractivity contribution in [3.8, 4) is 0 Å². The highest BCUT2D eigenvalue weighted by atomic mass is 16.6. The molecule has 2 amide bonds. The van der Waals surface area contributed by atoms with Gasteiger partial charge in [0.2, 0.25) is 0 Å². The zero-order valence-corrected chi connectivity index (χ0v) is 23.7. The van der Waals surface area contributed by atoms with E-state index in [4.69, 9.17) is 38.7 Å². The van der Waals surface area contributed by atoms with Crippen molar-refractivity contribution in [3.05, 3.63) is 0 Å². The van der Waals surface area contributed by atoms with E-state index < -0.39 is 23.1 Å². The first kappa shape index (κ1) is 35.3. The number of carbonyl (C=O) groups excluding carboxylic acids is 2. The second-order valence-electron chi connectivity index (χ2n) is 10.6. The van der Waals surface area contributed by atoms with Crippen LogP contribution in [0.3, 0.4) is 0 Å². The predicted molar refractivity (Wildman–Crippen MR) is 138 cm³/mol. The fourth-order valence-electron chi connectivity index (χ4n) is 3.44. The molecule has 2 fully saturated rings. The molecule has 0 aromatic rings. The van der Waals surface area contributed by atoms with Crippen LogP contribution in [-0.4, -0.2) is 110 Å². The van der Waals surface area contributed by atoms with Crippen molar-refractivity contribution in [2.45, 2.75) is 89.9 Å². The Morgan fingerprint density at radius 3 is 1.24 bits per heavy atom. The van der Waals surface area contributed by atoms with E-state index in [1.54, 1.807) is 14.2 Å². The van der Waals surface area contributed by atoms with Gasteiger partial charge in [-0.3, -0.25) is 0 Å². The quantitative estimate of drug-likeness (QED) is 0.272. The molecule has 0 radical (unpaired) electrons. The lowest BCUT2D eigenvalue weighted by atomic mass is 10.0. The fraction of sp³-hybridized carbons (Fsp3) is 0.833. The predicted octanol–water partition coefficient (Wildman–Crippen LogP) is 0.932. The van der Waals surface area contributed by atoms with Gasteiger partial charge in [0.1, 0.15) is 11.2 Å². The van der Waals surface area contributed by atoms with E-state index in [0.717, 1.165) is 39.0 Å². The molecule has 2 aliphatic heterocycles. The molecule has 0 aromatic heterocycles. The van der Waals surface area contributed by atoms with E-state index >= 15 is 0 Å². The molecule has 14 nitrogen and oxygen atoms in total. The molecule has 0 saturated carbocycles. The number of carboxylic acids is 2. The maximum atomic E-state index is 11.6. The molecular weight excluding hydrogens is 504 g/mol. The molecule has 2 aliphatic rings. The molecule has 2 saturated heterocycles. The van der Waals surface area contributed by atoms with E-state index in [1.165, 1.54) is 0 Å². The minimum atomic E-state index is -1.82. The highest BCUT2D eigenvalue weighted by Crippen LogP contribution is 2.12. The largest absolute Gasteiger partial charge is 0.473 e. The van der Waals surface area contributed by atoms with Gasteiger partial charge in [-0.15, -0.1) is 0 Å². The number of hydrogen-bond acceptors (Lipinski definition) is 10. The van der Waals surface area contributed by atoms with Gasteiger partial charge in [0.25, 0.3) is 0 Å². The van der Waals surface area contributed by atoms with Crippen LogP contribution in [0.25, 0.3) is 0 Å². The van der Waals surface area contributed by atoms with E-state index in [-0.39, 0.29) is 36.5 Å². The van der Waals surface area contributed by atoms with Gasteiger partial charge in [-0.1, -0.05) is 0 Å². The number of aliphatic carboxylic acids is 2. The summed E-state index contributed by atoms with van der Waals surface area (Å²) in [6.45, 7) is 14.4. The van der Waals surface area contributed by atoms with Crippen molar-refractivity contribution in [2.75, 3.05) is 40.4 Å². The van der Waals surface area contributed by atoms with Crippen LogP contribution in [0.1, 0.15) is 54.4 Å². The van der Waals surface area contributed by atoms with Crippen LogP contribution in [0.5, 0.6) is 0 Å². The first-order chi connectivity index (χ1) is 17.5. The Morgan fingerprint density at radius 2 is 1.00 bits per heavy atom. The molecule has 38 heavy (non-hydrogen) atoms. The lowest BCUT2D eigenvalue weighted by molar-refractivity contribution is -0.159. The first-order valence-electron chi connectivity index (χ1n) is 12.4. The molecule has 0 aliphatic carbocycles. The van der Waals surface area contributed by atoms with Crippen LogP contribution >= 0.6 is 0 Å². The van der Waals surface area contributed by atoms with Gasteiger partial charge in [-0.2, -0.15) is 0 Å². The summed E-state index contributed by atoms with van der Waals surface area (Å²) in [4.78, 5) is 41.3. The zero-order chi connectivity index (χ0) is 29.5. The number of alkyl carbamates (subject to hydrolysis) is 2. The summed E-state index contributed by atoms with van der Waals surface area (Å²) in [7, 11) is 3.33. The maximum absolute atomic E-state index is 11.6. The average molecular weight is 551 g/mol. The Labute approximate surface area is 224 Å². The van der Waals surface area contributed by atoms with Crippen LogP contribution in [-0.2, 0) is 28.5 Å². The zero-order valence-electron chi connectivity index (χ0n) is 23.7. The standard InChI is InChI=1S/2C11H22N2O3.C2H2O4/c2*1-11(2,3)16-10(14)13-8-7-12-6-5-9(8)15-4;3-1(4)2(5)6/h2*8-9,12H,5-7H2,1-4H3,(H,13,14);(H,3,4)(H,5,6). The monoisotopic (exact) mass is 550 g/mol. The van der Waals surface area contributed by atoms with Crippen molar-refractivity contribution in [1.82, 2.24) is 21.3 Å². The van der Waals surface area contributed by atoms with E-state index in [1.807, 2.05) is 41.5 Å². The number of hydrogen-bond donors (Lipinski definition) is 6. The van der Waals surface area contributed by atoms with Crippen LogP contribution in [0.4, 0.5) is 9.59 Å². The first-order valence-corrected chi connectivity index (χ1v) is 12.4. The van der Waals surface area contributed by atoms with E-state index in [2.05, 4.69) is 21.3 Å². The Balaban J connectivity index is 0.000000596. The normalized spacial score (nSPS) is 23.3. The molecule has 4 unspecified atom stereocenters. The van der Waals surface area contributed by atoms with Crippen LogP contribution < -0.4 is 21.3 Å². The molecular formula is C24H46N4O10. The molecule has 222 valence electrons. The van der Waals surface area contributed by atoms with Gasteiger partial charge < -0.3 is 50.4 Å². The van der Waals surface area contributed by atoms with Gasteiger partial charge in [-0.25, -0.2) is 19.2 Å². The number of amides is 2. The Morgan fingerprint density at radius 1 is 0.684 bits per heavy atom. The van der Waals surface area contributed by atoms with Gasteiger partial charge in [-0.05, 0) is 67.5 Å². The van der Waals surface area contributed by atoms with Crippen LogP contribution in [0, 0.1) is 0 Å². The molecule has 2 rings (SSSR count). The number of piperidine rings is 2. The molecule has 14 heteroatoms. The van der Waals surface area contributed by atoms with Crippen molar-refractivity contribution in [2.24, 2.45) is 0 Å². The third-order valence-corrected chi connectivity index (χ3v) is 5.03. The molecule has 0 aromatic carbocycles. The second kappa shape index (κ2) is 17.0. The molecule has 2 heterocycles. The molecule has 0 bridgehead atoms. The summed E-state index contributed by atoms with van der Waals surface area (Å²) in [6.07, 6.45) is 1.16. The van der Waals surface area contributed by atoms with Gasteiger partial charge >= 0.3 is 24.1 Å². The lowest BCUT2D eigenvalue weighted by Crippen LogP contribution is -2.55. The lowest BCUT2D eigenvalue weighted by Gasteiger charge is -2.32. The summed E-state index contributed by atoms with van der Waals surface area (Å²) >= 11 is 0. The third kappa shape index (κ3) is 16.9. The van der Waals surface area contributed by atoms with Crippen molar-refractivity contribution < 1.29 is 48.3 Å². The third-order valence-electron chi connectivity index (χ3n) is 5.03. The van der Waals surface area contributed by atoms with Gasteiger partial charge in [0.05, 0.1) is 24.3 Å². The summed E-state index contributed by atoms with van der Waals surface area (Å²) in [5.41, 5.74) is -0.927. The highest BCUT2D eigenvalue weighted by Gasteiger charge is 2.29. The minimum Gasteiger partial charge on any atom is -0.473 e. The van der Waals surface area contributed by atoms with Gasteiger partial charge in [0, 0.05) is 27.3 Å². The summed E-state index contributed by atoms with van der Waals surface area (Å²) in [5, 5.41) is 26.9. The topological polar surface area (TPSA) is 194 Å².